The van der Waals surface area contributed by atoms with Crippen LogP contribution in [0.5, 0.6) is 0 Å². The number of carbonyl (C=O) groups is 1. The molecule has 2 aromatic carbocycles. The lowest BCUT2D eigenvalue weighted by Gasteiger charge is -2.13. The zero-order valence-corrected chi connectivity index (χ0v) is 15.4. The summed E-state index contributed by atoms with van der Waals surface area (Å²) in [6, 6.07) is 13.5. The highest BCUT2D eigenvalue weighted by molar-refractivity contribution is 9.10. The van der Waals surface area contributed by atoms with Crippen molar-refractivity contribution in [1.82, 2.24) is 0 Å². The van der Waals surface area contributed by atoms with Gasteiger partial charge in [0.25, 0.3) is 0 Å². The summed E-state index contributed by atoms with van der Waals surface area (Å²) in [5.41, 5.74) is 0.390. The first kappa shape index (κ1) is 18.0. The van der Waals surface area contributed by atoms with Crippen molar-refractivity contribution < 1.29 is 13.2 Å². The van der Waals surface area contributed by atoms with Gasteiger partial charge in [0.15, 0.2) is 0 Å². The van der Waals surface area contributed by atoms with E-state index >= 15 is 0 Å². The van der Waals surface area contributed by atoms with Crippen molar-refractivity contribution >= 4 is 49.3 Å². The Kier molecular flexibility index (Phi) is 5.85. The fourth-order valence-electron chi connectivity index (χ4n) is 1.78. The third kappa shape index (κ3) is 5.07. The van der Waals surface area contributed by atoms with Gasteiger partial charge in [-0.05, 0) is 53.2 Å². The van der Waals surface area contributed by atoms with Crippen LogP contribution in [0, 0.1) is 0 Å². The minimum absolute atomic E-state index is 0.0404. The predicted octanol–water partition coefficient (Wildman–Crippen LogP) is 3.22. The highest BCUT2D eigenvalue weighted by atomic mass is 79.9. The Morgan fingerprint density at radius 1 is 1.22 bits per heavy atom. The van der Waals surface area contributed by atoms with Gasteiger partial charge in [0.05, 0.1) is 10.1 Å². The molecule has 122 valence electrons. The molecule has 0 radical (unpaired) electrons. The van der Waals surface area contributed by atoms with E-state index < -0.39 is 10.0 Å². The van der Waals surface area contributed by atoms with Gasteiger partial charge in [0.1, 0.15) is 0 Å². The Bertz CT molecular complexity index is 825. The Morgan fingerprint density at radius 3 is 2.57 bits per heavy atom. The summed E-state index contributed by atoms with van der Waals surface area (Å²) in [6.45, 7) is 1.78. The van der Waals surface area contributed by atoms with E-state index in [9.17, 15) is 13.2 Å². The third-order valence-corrected chi connectivity index (χ3v) is 5.98. The second-order valence-electron chi connectivity index (χ2n) is 4.75. The Balaban J connectivity index is 2.08. The van der Waals surface area contributed by atoms with Crippen LogP contribution in [0.25, 0.3) is 0 Å². The van der Waals surface area contributed by atoms with Crippen molar-refractivity contribution in [3.05, 3.63) is 53.0 Å². The Labute approximate surface area is 147 Å². The van der Waals surface area contributed by atoms with E-state index in [2.05, 4.69) is 21.2 Å². The molecule has 2 aromatic rings. The number of halogens is 1. The summed E-state index contributed by atoms with van der Waals surface area (Å²) in [5, 5.41) is 7.43. The van der Waals surface area contributed by atoms with Crippen molar-refractivity contribution in [2.24, 2.45) is 5.14 Å². The molecule has 0 saturated heterocycles. The van der Waals surface area contributed by atoms with Crippen molar-refractivity contribution in [2.75, 3.05) is 5.32 Å². The Morgan fingerprint density at radius 2 is 1.91 bits per heavy atom. The lowest BCUT2D eigenvalue weighted by Crippen LogP contribution is -2.22. The molecule has 0 bridgehead atoms. The molecule has 0 unspecified atom stereocenters. The number of hydrogen-bond acceptors (Lipinski definition) is 4. The van der Waals surface area contributed by atoms with Gasteiger partial charge < -0.3 is 5.32 Å². The van der Waals surface area contributed by atoms with Crippen LogP contribution in [0.4, 0.5) is 5.69 Å². The monoisotopic (exact) mass is 414 g/mol. The molecule has 0 saturated carbocycles. The number of rotatable bonds is 5. The summed E-state index contributed by atoms with van der Waals surface area (Å²) in [7, 11) is -3.80. The quantitative estimate of drug-likeness (QED) is 0.734. The minimum atomic E-state index is -3.80. The number of nitrogens with two attached hydrogens (primary N) is 1. The maximum Gasteiger partial charge on any atom is 0.238 e. The number of carbonyl (C=O) groups excluding carboxylic acids is 1. The van der Waals surface area contributed by atoms with Crippen molar-refractivity contribution in [1.29, 1.82) is 0 Å². The van der Waals surface area contributed by atoms with Crippen LogP contribution in [0.3, 0.4) is 0 Å². The van der Waals surface area contributed by atoms with Crippen LogP contribution < -0.4 is 10.5 Å². The zero-order chi connectivity index (χ0) is 17.0. The van der Waals surface area contributed by atoms with Crippen LogP contribution in [-0.2, 0) is 14.8 Å². The molecule has 0 aromatic heterocycles. The minimum Gasteiger partial charge on any atom is -0.325 e. The maximum absolute atomic E-state index is 12.3. The molecule has 0 aliphatic carbocycles. The van der Waals surface area contributed by atoms with E-state index in [1.165, 1.54) is 30.0 Å². The predicted molar refractivity (Wildman–Crippen MR) is 95.9 cm³/mol. The summed E-state index contributed by atoms with van der Waals surface area (Å²) in [6.07, 6.45) is 0. The molecule has 23 heavy (non-hydrogen) atoms. The smallest absolute Gasteiger partial charge is 0.238 e. The molecule has 1 atom stereocenters. The molecular weight excluding hydrogens is 400 g/mol. The number of primary sulfonamides is 1. The molecule has 0 aliphatic heterocycles. The van der Waals surface area contributed by atoms with Gasteiger partial charge in [-0.1, -0.05) is 18.2 Å². The SMILES string of the molecule is C[C@@H](Sc1ccccc1Br)C(=O)Nc1cccc(S(N)(=O)=O)c1. The molecule has 5 nitrogen and oxygen atoms in total. The zero-order valence-electron chi connectivity index (χ0n) is 12.2. The second kappa shape index (κ2) is 7.48. The largest absolute Gasteiger partial charge is 0.325 e. The first-order valence-corrected chi connectivity index (χ1v) is 9.84. The van der Waals surface area contributed by atoms with Gasteiger partial charge in [0, 0.05) is 15.1 Å². The molecule has 0 heterocycles. The van der Waals surface area contributed by atoms with Crippen LogP contribution in [0.2, 0.25) is 0 Å². The highest BCUT2D eigenvalue weighted by Gasteiger charge is 2.16. The van der Waals surface area contributed by atoms with E-state index in [4.69, 9.17) is 5.14 Å². The van der Waals surface area contributed by atoms with Crippen LogP contribution >= 0.6 is 27.7 Å². The third-order valence-electron chi connectivity index (χ3n) is 2.94. The van der Waals surface area contributed by atoms with Gasteiger partial charge >= 0.3 is 0 Å². The second-order valence-corrected chi connectivity index (χ2v) is 8.55. The first-order valence-electron chi connectivity index (χ1n) is 6.62. The van der Waals surface area contributed by atoms with Crippen LogP contribution in [0.1, 0.15) is 6.92 Å². The number of benzene rings is 2. The van der Waals surface area contributed by atoms with Crippen molar-refractivity contribution in [2.45, 2.75) is 22.0 Å². The molecule has 0 aliphatic rings. The van der Waals surface area contributed by atoms with Gasteiger partial charge in [-0.2, -0.15) is 0 Å². The first-order chi connectivity index (χ1) is 10.8. The molecule has 3 N–H and O–H groups in total. The molecule has 8 heteroatoms. The van der Waals surface area contributed by atoms with E-state index in [1.807, 2.05) is 24.3 Å². The van der Waals surface area contributed by atoms with Crippen molar-refractivity contribution in [3.63, 3.8) is 0 Å². The van der Waals surface area contributed by atoms with E-state index in [-0.39, 0.29) is 16.1 Å². The fourth-order valence-corrected chi connectivity index (χ4v) is 3.79. The van der Waals surface area contributed by atoms with E-state index in [0.29, 0.717) is 5.69 Å². The molecular formula is C15H15BrN2O3S2. The summed E-state index contributed by atoms with van der Waals surface area (Å²) >= 11 is 4.84. The summed E-state index contributed by atoms with van der Waals surface area (Å²) < 4.78 is 23.6. The number of sulfonamides is 1. The van der Waals surface area contributed by atoms with E-state index in [0.717, 1.165) is 9.37 Å². The number of thioether (sulfide) groups is 1. The lowest BCUT2D eigenvalue weighted by molar-refractivity contribution is -0.115. The lowest BCUT2D eigenvalue weighted by atomic mass is 10.3. The number of nitrogens with one attached hydrogen (secondary N) is 1. The normalized spacial score (nSPS) is 12.7. The molecule has 1 amide bonds. The standard InChI is InChI=1S/C15H15BrN2O3S2/c1-10(22-14-8-3-2-7-13(14)16)15(19)18-11-5-4-6-12(9-11)23(17,20)21/h2-10H,1H3,(H,18,19)(H2,17,20,21)/t10-/m1/s1. The summed E-state index contributed by atoms with van der Waals surface area (Å²) in [5.74, 6) is -0.225. The maximum atomic E-state index is 12.3. The van der Waals surface area contributed by atoms with Crippen LogP contribution in [0.15, 0.2) is 62.8 Å². The molecule has 2 rings (SSSR count). The number of anilines is 1. The topological polar surface area (TPSA) is 89.3 Å². The Hall–Kier alpha value is -1.35. The average molecular weight is 415 g/mol. The van der Waals surface area contributed by atoms with Gasteiger partial charge in [-0.15, -0.1) is 11.8 Å². The molecule has 0 fully saturated rings. The van der Waals surface area contributed by atoms with Gasteiger partial charge in [0.2, 0.25) is 15.9 Å². The van der Waals surface area contributed by atoms with Crippen molar-refractivity contribution in [3.8, 4) is 0 Å². The summed E-state index contributed by atoms with van der Waals surface area (Å²) in [4.78, 5) is 13.2. The van der Waals surface area contributed by atoms with E-state index in [1.54, 1.807) is 13.0 Å². The average Bonchev–Trinajstić information content (AvgIpc) is 2.49. The number of amides is 1. The van der Waals surface area contributed by atoms with Gasteiger partial charge in [-0.3, -0.25) is 4.79 Å². The fraction of sp³-hybridized carbons (Fsp3) is 0.133. The highest BCUT2D eigenvalue weighted by Crippen LogP contribution is 2.30. The van der Waals surface area contributed by atoms with Gasteiger partial charge in [-0.25, -0.2) is 13.6 Å². The van der Waals surface area contributed by atoms with Crippen LogP contribution in [-0.4, -0.2) is 19.6 Å². The molecule has 0 spiro atoms. The number of hydrogen-bond donors (Lipinski definition) is 2.